The Morgan fingerprint density at radius 3 is 2.41 bits per heavy atom. The van der Waals surface area contributed by atoms with Gasteiger partial charge in [0.15, 0.2) is 5.78 Å². The number of nitrogens with zero attached hydrogens (tertiary/aromatic N) is 2. The van der Waals surface area contributed by atoms with Crippen LogP contribution >= 0.6 is 0 Å². The molecule has 1 heterocycles. The lowest BCUT2D eigenvalue weighted by molar-refractivity contribution is 0.0512. The number of hydrogen-bond donors (Lipinski definition) is 0. The van der Waals surface area contributed by atoms with E-state index >= 15 is 0 Å². The highest BCUT2D eigenvalue weighted by atomic mass is 19.1. The number of carbonyl (C=O) groups is 3. The molecule has 2 rings (SSSR count). The fraction of sp³-hybridized carbons (Fsp3) is 0.409. The van der Waals surface area contributed by atoms with Crippen molar-refractivity contribution >= 4 is 17.7 Å². The smallest absolute Gasteiger partial charge is 0.355 e. The van der Waals surface area contributed by atoms with Gasteiger partial charge in [0.2, 0.25) is 0 Å². The first kappa shape index (κ1) is 22.3. The number of amides is 1. The molecule has 156 valence electrons. The van der Waals surface area contributed by atoms with Gasteiger partial charge in [-0.25, -0.2) is 9.18 Å². The molecular weight excluding hydrogens is 375 g/mol. The molecule has 0 aliphatic carbocycles. The normalized spacial score (nSPS) is 11.8. The third-order valence-electron chi connectivity index (χ3n) is 5.15. The maximum absolute atomic E-state index is 13.5. The molecule has 7 heteroatoms. The quantitative estimate of drug-likeness (QED) is 0.522. The Kier molecular flexibility index (Phi) is 6.95. The Labute approximate surface area is 170 Å². The predicted molar refractivity (Wildman–Crippen MR) is 108 cm³/mol. The van der Waals surface area contributed by atoms with Crippen LogP contribution in [0.1, 0.15) is 63.2 Å². The van der Waals surface area contributed by atoms with Crippen molar-refractivity contribution < 1.29 is 23.5 Å². The Morgan fingerprint density at radius 2 is 1.86 bits per heavy atom. The van der Waals surface area contributed by atoms with Crippen molar-refractivity contribution in [3.05, 3.63) is 58.2 Å². The monoisotopic (exact) mass is 402 g/mol. The van der Waals surface area contributed by atoms with Crippen molar-refractivity contribution in [1.29, 1.82) is 0 Å². The van der Waals surface area contributed by atoms with Gasteiger partial charge in [-0.15, -0.1) is 0 Å². The molecule has 0 fully saturated rings. The fourth-order valence-corrected chi connectivity index (χ4v) is 3.50. The number of esters is 1. The van der Waals surface area contributed by atoms with E-state index in [1.807, 2.05) is 6.92 Å². The van der Waals surface area contributed by atoms with E-state index in [4.69, 9.17) is 4.74 Å². The molecule has 0 bridgehead atoms. The Balaban J connectivity index is 2.40. The molecule has 0 saturated heterocycles. The molecular formula is C22H27FN2O4. The number of likely N-dealkylation sites (N-methyl/N-ethyl adjacent to an activating group) is 1. The first-order valence-electron chi connectivity index (χ1n) is 9.59. The third kappa shape index (κ3) is 4.23. The Bertz CT molecular complexity index is 949. The molecule has 0 aliphatic rings. The molecule has 2 aromatic rings. The highest BCUT2D eigenvalue weighted by molar-refractivity contribution is 6.07. The average Bonchev–Trinajstić information content (AvgIpc) is 2.95. The van der Waals surface area contributed by atoms with Crippen LogP contribution in [0.5, 0.6) is 0 Å². The molecule has 0 radical (unpaired) electrons. The highest BCUT2D eigenvalue weighted by Crippen LogP contribution is 2.26. The maximum atomic E-state index is 13.5. The molecule has 6 nitrogen and oxygen atoms in total. The van der Waals surface area contributed by atoms with Gasteiger partial charge in [0.25, 0.3) is 5.91 Å². The van der Waals surface area contributed by atoms with Gasteiger partial charge < -0.3 is 14.2 Å². The minimum atomic E-state index is -0.800. The summed E-state index contributed by atoms with van der Waals surface area (Å²) < 4.78 is 20.4. The van der Waals surface area contributed by atoms with Crippen LogP contribution in [0.25, 0.3) is 0 Å². The van der Waals surface area contributed by atoms with Gasteiger partial charge in [-0.3, -0.25) is 9.59 Å². The number of ketones is 1. The number of carbonyl (C=O) groups excluding carboxylic acids is 3. The summed E-state index contributed by atoms with van der Waals surface area (Å²) in [6, 6.07) is 4.54. The van der Waals surface area contributed by atoms with E-state index in [9.17, 15) is 18.8 Å². The van der Waals surface area contributed by atoms with Crippen molar-refractivity contribution in [3.8, 4) is 0 Å². The fourth-order valence-electron chi connectivity index (χ4n) is 3.50. The number of rotatable bonds is 7. The summed E-state index contributed by atoms with van der Waals surface area (Å²) in [5.74, 6) is -1.74. The molecule has 0 saturated carbocycles. The van der Waals surface area contributed by atoms with Crippen LogP contribution in [-0.2, 0) is 11.3 Å². The van der Waals surface area contributed by atoms with E-state index < -0.39 is 23.7 Å². The summed E-state index contributed by atoms with van der Waals surface area (Å²) in [7, 11) is 1.50. The Hall–Kier alpha value is -2.96. The number of aromatic nitrogens is 1. The van der Waals surface area contributed by atoms with Gasteiger partial charge in [-0.05, 0) is 58.4 Å². The summed E-state index contributed by atoms with van der Waals surface area (Å²) >= 11 is 0. The molecule has 1 aromatic carbocycles. The second-order valence-corrected chi connectivity index (χ2v) is 6.87. The zero-order valence-corrected chi connectivity index (χ0v) is 17.7. The average molecular weight is 402 g/mol. The summed E-state index contributed by atoms with van der Waals surface area (Å²) in [6.07, 6.45) is 0. The van der Waals surface area contributed by atoms with Crippen molar-refractivity contribution in [1.82, 2.24) is 9.47 Å². The molecule has 1 aromatic heterocycles. The van der Waals surface area contributed by atoms with E-state index in [-0.39, 0.29) is 18.0 Å². The first-order chi connectivity index (χ1) is 13.6. The minimum Gasteiger partial charge on any atom is -0.461 e. The van der Waals surface area contributed by atoms with Gasteiger partial charge in [0.05, 0.1) is 12.6 Å². The van der Waals surface area contributed by atoms with Crippen LogP contribution in [0.2, 0.25) is 0 Å². The zero-order chi connectivity index (χ0) is 21.9. The Morgan fingerprint density at radius 1 is 1.21 bits per heavy atom. The summed E-state index contributed by atoms with van der Waals surface area (Å²) in [4.78, 5) is 39.6. The molecule has 0 N–H and O–H groups in total. The topological polar surface area (TPSA) is 68.6 Å². The molecule has 1 amide bonds. The number of ether oxygens (including phenoxy) is 1. The standard InChI is InChI=1S/C22H27FN2O4/c1-7-25-14(4)18(13(3)19(25)22(28)29-8-2)20(26)15(5)24(6)21(27)16-10-9-11-17(23)12-16/h9-12,15H,7-8H2,1-6H3. The van der Waals surface area contributed by atoms with E-state index in [1.165, 1.54) is 30.1 Å². The van der Waals surface area contributed by atoms with Gasteiger partial charge in [-0.2, -0.15) is 0 Å². The molecule has 0 spiro atoms. The van der Waals surface area contributed by atoms with Gasteiger partial charge in [-0.1, -0.05) is 6.07 Å². The number of benzene rings is 1. The van der Waals surface area contributed by atoms with Crippen molar-refractivity contribution in [3.63, 3.8) is 0 Å². The molecule has 29 heavy (non-hydrogen) atoms. The van der Waals surface area contributed by atoms with Gasteiger partial charge in [0.1, 0.15) is 11.5 Å². The highest BCUT2D eigenvalue weighted by Gasteiger charge is 2.31. The number of Topliss-reactive ketones (excluding diaryl/α,β-unsaturated/α-hetero) is 1. The largest absolute Gasteiger partial charge is 0.461 e. The zero-order valence-electron chi connectivity index (χ0n) is 17.7. The molecule has 1 atom stereocenters. The van der Waals surface area contributed by atoms with Gasteiger partial charge in [0, 0.05) is 30.4 Å². The van der Waals surface area contributed by atoms with Crippen LogP contribution in [0, 0.1) is 19.7 Å². The summed E-state index contributed by atoms with van der Waals surface area (Å²) in [6.45, 7) is 9.43. The van der Waals surface area contributed by atoms with Crippen LogP contribution in [-0.4, -0.2) is 46.8 Å². The minimum absolute atomic E-state index is 0.166. The lowest BCUT2D eigenvalue weighted by Crippen LogP contribution is -2.40. The van der Waals surface area contributed by atoms with E-state index in [0.29, 0.717) is 29.1 Å². The number of hydrogen-bond acceptors (Lipinski definition) is 4. The first-order valence-corrected chi connectivity index (χ1v) is 9.59. The third-order valence-corrected chi connectivity index (χ3v) is 5.15. The lowest BCUT2D eigenvalue weighted by Gasteiger charge is -2.24. The van der Waals surface area contributed by atoms with E-state index in [2.05, 4.69) is 0 Å². The summed E-state index contributed by atoms with van der Waals surface area (Å²) in [5.41, 5.74) is 2.10. The number of halogens is 1. The van der Waals surface area contributed by atoms with Crippen LogP contribution in [0.4, 0.5) is 4.39 Å². The van der Waals surface area contributed by atoms with Gasteiger partial charge >= 0.3 is 5.97 Å². The van der Waals surface area contributed by atoms with Crippen LogP contribution in [0.3, 0.4) is 0 Å². The van der Waals surface area contributed by atoms with Crippen molar-refractivity contribution in [2.75, 3.05) is 13.7 Å². The second kappa shape index (κ2) is 9.03. The second-order valence-electron chi connectivity index (χ2n) is 6.87. The van der Waals surface area contributed by atoms with Crippen LogP contribution < -0.4 is 0 Å². The summed E-state index contributed by atoms with van der Waals surface area (Å²) in [5, 5.41) is 0. The SMILES string of the molecule is CCOC(=O)c1c(C)c(C(=O)C(C)N(C)C(=O)c2cccc(F)c2)c(C)n1CC. The predicted octanol–water partition coefficient (Wildman–Crippen LogP) is 3.78. The van der Waals surface area contributed by atoms with E-state index in [0.717, 1.165) is 6.07 Å². The molecule has 0 aliphatic heterocycles. The molecule has 1 unspecified atom stereocenters. The maximum Gasteiger partial charge on any atom is 0.355 e. The van der Waals surface area contributed by atoms with Crippen LogP contribution in [0.15, 0.2) is 24.3 Å². The lowest BCUT2D eigenvalue weighted by atomic mass is 9.99. The van der Waals surface area contributed by atoms with Crippen molar-refractivity contribution in [2.45, 2.75) is 47.2 Å². The van der Waals surface area contributed by atoms with Crippen molar-refractivity contribution in [2.24, 2.45) is 0 Å². The van der Waals surface area contributed by atoms with E-state index in [1.54, 1.807) is 32.3 Å².